The van der Waals surface area contributed by atoms with Crippen molar-refractivity contribution in [3.63, 3.8) is 0 Å². The predicted octanol–water partition coefficient (Wildman–Crippen LogP) is 3.32. The van der Waals surface area contributed by atoms with Gasteiger partial charge >= 0.3 is 0 Å². The van der Waals surface area contributed by atoms with Gasteiger partial charge in [0.15, 0.2) is 6.23 Å². The Morgan fingerprint density at radius 3 is 1.80 bits per heavy atom. The van der Waals surface area contributed by atoms with Gasteiger partial charge in [0, 0.05) is 17.9 Å². The SMILES string of the molecule is CC(OCCOc1ccccc1)[N+](C)(C)C(c1ccccc1)C(C)(C)C(C)(C)C.[Cl-]. The first kappa shape index (κ1) is 26.5. The largest absolute Gasteiger partial charge is 1.00 e. The first-order chi connectivity index (χ1) is 13.5. The van der Waals surface area contributed by atoms with Crippen LogP contribution in [0.5, 0.6) is 5.75 Å². The Labute approximate surface area is 190 Å². The fourth-order valence-corrected chi connectivity index (χ4v) is 3.98. The van der Waals surface area contributed by atoms with E-state index < -0.39 is 0 Å². The van der Waals surface area contributed by atoms with Gasteiger partial charge in [-0.05, 0) is 17.5 Å². The van der Waals surface area contributed by atoms with Gasteiger partial charge in [0.05, 0.1) is 20.7 Å². The van der Waals surface area contributed by atoms with Crippen molar-refractivity contribution < 1.29 is 26.4 Å². The number of nitrogens with zero attached hydrogens (tertiary/aromatic N) is 1. The molecular formula is C26H40ClNO2. The highest BCUT2D eigenvalue weighted by Crippen LogP contribution is 2.52. The molecule has 0 bridgehead atoms. The van der Waals surface area contributed by atoms with Gasteiger partial charge in [0.1, 0.15) is 18.4 Å². The van der Waals surface area contributed by atoms with E-state index in [4.69, 9.17) is 9.47 Å². The molecule has 0 aliphatic carbocycles. The summed E-state index contributed by atoms with van der Waals surface area (Å²) in [5.74, 6) is 0.883. The van der Waals surface area contributed by atoms with Crippen molar-refractivity contribution in [1.29, 1.82) is 0 Å². The van der Waals surface area contributed by atoms with Crippen LogP contribution in [0.2, 0.25) is 0 Å². The van der Waals surface area contributed by atoms with Crippen LogP contribution in [-0.2, 0) is 4.74 Å². The molecule has 0 aliphatic heterocycles. The summed E-state index contributed by atoms with van der Waals surface area (Å²) in [5.41, 5.74) is 1.54. The molecule has 0 saturated heterocycles. The van der Waals surface area contributed by atoms with E-state index in [1.165, 1.54) is 5.56 Å². The lowest BCUT2D eigenvalue weighted by molar-refractivity contribution is -0.971. The molecule has 4 heteroatoms. The zero-order chi connectivity index (χ0) is 21.7. The third-order valence-electron chi connectivity index (χ3n) is 6.79. The van der Waals surface area contributed by atoms with Crippen LogP contribution in [0.4, 0.5) is 0 Å². The average molecular weight is 434 g/mol. The summed E-state index contributed by atoms with van der Waals surface area (Å²) in [6, 6.07) is 21.1. The van der Waals surface area contributed by atoms with Crippen LogP contribution in [0.3, 0.4) is 0 Å². The second kappa shape index (κ2) is 10.7. The molecule has 0 radical (unpaired) electrons. The van der Waals surface area contributed by atoms with E-state index in [1.807, 2.05) is 30.3 Å². The number of rotatable bonds is 9. The van der Waals surface area contributed by atoms with Crippen molar-refractivity contribution in [3.05, 3.63) is 66.2 Å². The summed E-state index contributed by atoms with van der Waals surface area (Å²) in [5, 5.41) is 0. The number of halogens is 1. The van der Waals surface area contributed by atoms with Crippen LogP contribution < -0.4 is 17.1 Å². The molecule has 2 aromatic carbocycles. The molecule has 2 aromatic rings. The lowest BCUT2D eigenvalue weighted by Crippen LogP contribution is -3.00. The predicted molar refractivity (Wildman–Crippen MR) is 122 cm³/mol. The maximum atomic E-state index is 6.29. The van der Waals surface area contributed by atoms with Gasteiger partial charge in [0.2, 0.25) is 0 Å². The third-order valence-corrected chi connectivity index (χ3v) is 6.79. The van der Waals surface area contributed by atoms with Crippen LogP contribution in [0.15, 0.2) is 60.7 Å². The van der Waals surface area contributed by atoms with Crippen molar-refractivity contribution >= 4 is 0 Å². The second-order valence-electron chi connectivity index (χ2n) is 10.0. The zero-order valence-electron chi connectivity index (χ0n) is 20.0. The molecule has 168 valence electrons. The second-order valence-corrected chi connectivity index (χ2v) is 10.0. The van der Waals surface area contributed by atoms with Crippen molar-refractivity contribution in [1.82, 2.24) is 0 Å². The molecule has 3 nitrogen and oxygen atoms in total. The molecule has 0 aromatic heterocycles. The Morgan fingerprint density at radius 2 is 1.30 bits per heavy atom. The van der Waals surface area contributed by atoms with Crippen molar-refractivity contribution in [3.8, 4) is 5.75 Å². The molecule has 30 heavy (non-hydrogen) atoms. The van der Waals surface area contributed by atoms with E-state index in [1.54, 1.807) is 0 Å². The van der Waals surface area contributed by atoms with Gasteiger partial charge in [-0.2, -0.15) is 0 Å². The van der Waals surface area contributed by atoms with Gasteiger partial charge in [-0.3, -0.25) is 4.48 Å². The van der Waals surface area contributed by atoms with Crippen molar-refractivity contribution in [2.24, 2.45) is 10.8 Å². The Kier molecular flexibility index (Phi) is 9.41. The van der Waals surface area contributed by atoms with Crippen molar-refractivity contribution in [2.45, 2.75) is 53.8 Å². The fourth-order valence-electron chi connectivity index (χ4n) is 3.98. The lowest BCUT2D eigenvalue weighted by Gasteiger charge is -2.53. The summed E-state index contributed by atoms with van der Waals surface area (Å²) in [6.45, 7) is 15.1. The van der Waals surface area contributed by atoms with Crippen LogP contribution in [0, 0.1) is 10.8 Å². The summed E-state index contributed by atoms with van der Waals surface area (Å²) < 4.78 is 12.8. The quantitative estimate of drug-likeness (QED) is 0.343. The highest BCUT2D eigenvalue weighted by Gasteiger charge is 2.51. The molecule has 0 saturated carbocycles. The summed E-state index contributed by atoms with van der Waals surface area (Å²) >= 11 is 0. The number of ether oxygens (including phenoxy) is 2. The maximum absolute atomic E-state index is 6.29. The van der Waals surface area contributed by atoms with Gasteiger partial charge < -0.3 is 21.9 Å². The minimum Gasteiger partial charge on any atom is -1.00 e. The van der Waals surface area contributed by atoms with Crippen LogP contribution in [-0.4, -0.2) is 38.0 Å². The average Bonchev–Trinajstić information content (AvgIpc) is 2.65. The molecule has 0 N–H and O–H groups in total. The minimum absolute atomic E-state index is 0. The van der Waals surface area contributed by atoms with Gasteiger partial charge in [-0.1, -0.05) is 83.1 Å². The topological polar surface area (TPSA) is 18.5 Å². The number of hydrogen-bond donors (Lipinski definition) is 0. The van der Waals surface area contributed by atoms with Gasteiger partial charge in [-0.25, -0.2) is 0 Å². The van der Waals surface area contributed by atoms with Crippen LogP contribution in [0.25, 0.3) is 0 Å². The van der Waals surface area contributed by atoms with Crippen LogP contribution >= 0.6 is 0 Å². The molecule has 2 unspecified atom stereocenters. The fraction of sp³-hybridized carbons (Fsp3) is 0.538. The number of benzene rings is 2. The molecule has 0 fully saturated rings. The first-order valence-corrected chi connectivity index (χ1v) is 10.7. The van der Waals surface area contributed by atoms with Crippen LogP contribution in [0.1, 0.15) is 53.1 Å². The summed E-state index contributed by atoms with van der Waals surface area (Å²) in [6.07, 6.45) is 0.0289. The Balaban J connectivity index is 0.00000450. The highest BCUT2D eigenvalue weighted by molar-refractivity contribution is 5.21. The van der Waals surface area contributed by atoms with E-state index in [9.17, 15) is 0 Å². The zero-order valence-corrected chi connectivity index (χ0v) is 20.7. The normalized spacial score (nSPS) is 14.5. The van der Waals surface area contributed by atoms with E-state index in [-0.39, 0.29) is 35.5 Å². The molecule has 0 aliphatic rings. The third kappa shape index (κ3) is 6.23. The molecule has 2 rings (SSSR count). The first-order valence-electron chi connectivity index (χ1n) is 10.7. The summed E-state index contributed by atoms with van der Waals surface area (Å²) in [7, 11) is 4.57. The van der Waals surface area contributed by atoms with E-state index in [0.29, 0.717) is 13.2 Å². The Hall–Kier alpha value is -1.55. The minimum atomic E-state index is 0. The summed E-state index contributed by atoms with van der Waals surface area (Å²) in [4.78, 5) is 0. The molecular weight excluding hydrogens is 394 g/mol. The molecule has 0 amide bonds. The molecule has 2 atom stereocenters. The Morgan fingerprint density at radius 1 is 0.800 bits per heavy atom. The van der Waals surface area contributed by atoms with E-state index in [2.05, 4.69) is 86.0 Å². The van der Waals surface area contributed by atoms with E-state index >= 15 is 0 Å². The molecule has 0 heterocycles. The number of hydrogen-bond acceptors (Lipinski definition) is 2. The lowest BCUT2D eigenvalue weighted by atomic mass is 9.62. The van der Waals surface area contributed by atoms with Gasteiger partial charge in [-0.15, -0.1) is 0 Å². The van der Waals surface area contributed by atoms with E-state index in [0.717, 1.165) is 10.2 Å². The standard InChI is InChI=1S/C26H40NO2.ClH/c1-21(28-19-20-29-23-17-13-10-14-18-23)27(7,8)24(22-15-11-9-12-16-22)26(5,6)25(2,3)4;/h9-18,21,24H,19-20H2,1-8H3;1H/q+1;/p-1. The smallest absolute Gasteiger partial charge is 0.190 e. The molecule has 0 spiro atoms. The number of para-hydroxylation sites is 1. The van der Waals surface area contributed by atoms with Crippen molar-refractivity contribution in [2.75, 3.05) is 27.3 Å². The van der Waals surface area contributed by atoms with Gasteiger partial charge in [0.25, 0.3) is 0 Å². The monoisotopic (exact) mass is 433 g/mol. The number of quaternary nitrogens is 1. The Bertz CT molecular complexity index is 739. The maximum Gasteiger partial charge on any atom is 0.190 e. The highest BCUT2D eigenvalue weighted by atomic mass is 35.5.